The van der Waals surface area contributed by atoms with E-state index in [1.54, 1.807) is 11.0 Å². The Morgan fingerprint density at radius 1 is 0.829 bits per heavy atom. The van der Waals surface area contributed by atoms with Crippen LogP contribution in [0.15, 0.2) is 138 Å². The zero-order chi connectivity index (χ0) is 49.9. The van der Waals surface area contributed by atoms with E-state index < -0.39 is 14.4 Å². The first-order valence-corrected chi connectivity index (χ1v) is 27.9. The van der Waals surface area contributed by atoms with Crippen LogP contribution in [0, 0.1) is 0 Å². The highest BCUT2D eigenvalue weighted by molar-refractivity contribution is 6.74. The summed E-state index contributed by atoms with van der Waals surface area (Å²) >= 11 is 0. The van der Waals surface area contributed by atoms with Crippen LogP contribution in [0.5, 0.6) is 11.5 Å². The summed E-state index contributed by atoms with van der Waals surface area (Å²) < 4.78 is 19.5. The third kappa shape index (κ3) is 14.1. The Bertz CT molecular complexity index is 2720. The molecule has 0 radical (unpaired) electrons. The fraction of sp³-hybridized carbons (Fsp3) is 0.390. The van der Waals surface area contributed by atoms with Crippen LogP contribution in [0.3, 0.4) is 0 Å². The molecule has 1 heterocycles. The molecule has 4 N–H and O–H groups in total. The number of benzene rings is 5. The van der Waals surface area contributed by atoms with Gasteiger partial charge in [0.15, 0.2) is 8.32 Å². The third-order valence-corrected chi connectivity index (χ3v) is 18.2. The fourth-order valence-corrected chi connectivity index (χ4v) is 10.3. The van der Waals surface area contributed by atoms with E-state index in [-0.39, 0.29) is 28.3 Å². The second kappa shape index (κ2) is 23.3. The molecular formula is C59H74N4O6Si. The Morgan fingerprint density at radius 2 is 1.53 bits per heavy atom. The van der Waals surface area contributed by atoms with E-state index >= 15 is 0 Å². The number of fused-ring (bicyclic) bond motifs is 1. The molecule has 70 heavy (non-hydrogen) atoms. The molecule has 0 bridgehead atoms. The minimum Gasteiger partial charge on any atom is -0.493 e. The van der Waals surface area contributed by atoms with E-state index in [9.17, 15) is 14.7 Å². The highest BCUT2D eigenvalue weighted by atomic mass is 28.4. The second-order valence-corrected chi connectivity index (χ2v) is 26.0. The van der Waals surface area contributed by atoms with Crippen LogP contribution in [0.2, 0.25) is 18.1 Å². The quantitative estimate of drug-likeness (QED) is 0.0440. The van der Waals surface area contributed by atoms with Gasteiger partial charge in [-0.05, 0) is 142 Å². The Balaban J connectivity index is 0.949. The standard InChI is InChI=1S/C59H74N4O6Si/c1-58(2,3)62-46-25-27-47(28-26-46)63(57(65)66)52-39-43(24-31-49(52)45-20-13-10-14-21-45)17-15-16-38-67-48-29-22-42(23-30-48)36-37-60-40-54(69-70(7,8)59(4,5)6)50-32-34-53(56-51(50)33-35-55(64)61-56)68-41-44-18-11-9-12-19-44/h9-15,17-24,29-35,39,46-47,54,60,62H,16,25-28,36-38,40-41H2,1-8H3,(H,61,64)(H,65,66)/b17-15+/t46?,47?,54-/m0/s1. The van der Waals surface area contributed by atoms with Crippen molar-refractivity contribution < 1.29 is 23.8 Å². The van der Waals surface area contributed by atoms with E-state index in [2.05, 4.69) is 113 Å². The normalized spacial score (nSPS) is 16.1. The number of carboxylic acid groups (broad SMARTS) is 1. The molecular weight excluding hydrogens is 889 g/mol. The number of amides is 1. The van der Waals surface area contributed by atoms with Crippen molar-refractivity contribution in [3.8, 4) is 22.6 Å². The maximum atomic E-state index is 13.0. The number of anilines is 1. The molecule has 5 aromatic carbocycles. The van der Waals surface area contributed by atoms with Crippen LogP contribution in [0.4, 0.5) is 10.5 Å². The van der Waals surface area contributed by atoms with Gasteiger partial charge >= 0.3 is 6.09 Å². The van der Waals surface area contributed by atoms with Gasteiger partial charge < -0.3 is 34.6 Å². The molecule has 0 unspecified atom stereocenters. The maximum Gasteiger partial charge on any atom is 0.412 e. The summed E-state index contributed by atoms with van der Waals surface area (Å²) in [6.07, 6.45) is 8.01. The Morgan fingerprint density at radius 3 is 2.20 bits per heavy atom. The summed E-state index contributed by atoms with van der Waals surface area (Å²) in [6, 6.07) is 42.3. The summed E-state index contributed by atoms with van der Waals surface area (Å²) in [6.45, 7) is 20.1. The van der Waals surface area contributed by atoms with Crippen LogP contribution < -0.4 is 30.6 Å². The van der Waals surface area contributed by atoms with Gasteiger partial charge in [-0.25, -0.2) is 4.79 Å². The molecule has 1 atom stereocenters. The average molecular weight is 963 g/mol. The van der Waals surface area contributed by atoms with E-state index in [1.165, 1.54) is 5.56 Å². The Labute approximate surface area is 416 Å². The van der Waals surface area contributed by atoms with Gasteiger partial charge in [0.1, 0.15) is 18.1 Å². The number of aromatic nitrogens is 1. The predicted molar refractivity (Wildman–Crippen MR) is 290 cm³/mol. The minimum atomic E-state index is -2.21. The largest absolute Gasteiger partial charge is 0.493 e. The molecule has 1 saturated carbocycles. The van der Waals surface area contributed by atoms with Gasteiger partial charge in [-0.2, -0.15) is 0 Å². The van der Waals surface area contributed by atoms with E-state index in [0.29, 0.717) is 43.5 Å². The summed E-state index contributed by atoms with van der Waals surface area (Å²) in [5, 5.41) is 19.0. The highest BCUT2D eigenvalue weighted by Crippen LogP contribution is 2.42. The summed E-state index contributed by atoms with van der Waals surface area (Å²) in [5.41, 5.74) is 7.36. The van der Waals surface area contributed by atoms with Gasteiger partial charge in [-0.3, -0.25) is 9.69 Å². The number of aromatic amines is 1. The SMILES string of the molecule is CC(C)(C)NC1CCC(N(C(=O)O)c2cc(/C=C/CCOc3ccc(CCNC[C@H](O[Si](C)(C)C(C)(C)C)c4ccc(OCc5ccccc5)c5[nH]c(=O)ccc45)cc3)ccc2-c2ccccc2)CC1. The molecule has 1 aliphatic rings. The third-order valence-electron chi connectivity index (χ3n) is 13.7. The van der Waals surface area contributed by atoms with Gasteiger partial charge in [0.05, 0.1) is 23.9 Å². The zero-order valence-electron chi connectivity index (χ0n) is 42.5. The van der Waals surface area contributed by atoms with Crippen LogP contribution in [-0.4, -0.2) is 61.8 Å². The number of nitrogens with zero attached hydrogens (tertiary/aromatic N) is 1. The lowest BCUT2D eigenvalue weighted by Crippen LogP contribution is -2.49. The zero-order valence-corrected chi connectivity index (χ0v) is 43.5. The van der Waals surface area contributed by atoms with Crippen molar-refractivity contribution in [2.45, 2.75) is 129 Å². The highest BCUT2D eigenvalue weighted by Gasteiger charge is 2.40. The van der Waals surface area contributed by atoms with Crippen molar-refractivity contribution in [1.29, 1.82) is 0 Å². The Kier molecular flexibility index (Phi) is 17.3. The monoisotopic (exact) mass is 963 g/mol. The number of pyridine rings is 1. The molecule has 0 aliphatic heterocycles. The predicted octanol–water partition coefficient (Wildman–Crippen LogP) is 13.3. The van der Waals surface area contributed by atoms with Crippen LogP contribution in [-0.2, 0) is 17.5 Å². The molecule has 1 amide bonds. The van der Waals surface area contributed by atoms with E-state index in [4.69, 9.17) is 13.9 Å². The molecule has 7 rings (SSSR count). The molecule has 1 aromatic heterocycles. The maximum absolute atomic E-state index is 13.0. The number of carbonyl (C=O) groups is 1. The average Bonchev–Trinajstić information content (AvgIpc) is 3.32. The van der Waals surface area contributed by atoms with Crippen LogP contribution in [0.25, 0.3) is 28.1 Å². The lowest BCUT2D eigenvalue weighted by molar-refractivity contribution is 0.182. The summed E-state index contributed by atoms with van der Waals surface area (Å²) in [7, 11) is -2.21. The molecule has 370 valence electrons. The van der Waals surface area contributed by atoms with Crippen molar-refractivity contribution >= 4 is 37.1 Å². The molecule has 10 nitrogen and oxygen atoms in total. The van der Waals surface area contributed by atoms with Gasteiger partial charge in [0.25, 0.3) is 0 Å². The van der Waals surface area contributed by atoms with Crippen molar-refractivity contribution in [3.05, 3.63) is 166 Å². The lowest BCUT2D eigenvalue weighted by Gasteiger charge is -2.39. The van der Waals surface area contributed by atoms with Crippen molar-refractivity contribution in [2.24, 2.45) is 0 Å². The molecule has 6 aromatic rings. The van der Waals surface area contributed by atoms with Crippen molar-refractivity contribution in [3.63, 3.8) is 0 Å². The summed E-state index contributed by atoms with van der Waals surface area (Å²) in [5.74, 6) is 1.44. The minimum absolute atomic E-state index is 0.00264. The van der Waals surface area contributed by atoms with E-state index in [0.717, 1.165) is 83.3 Å². The van der Waals surface area contributed by atoms with E-state index in [1.807, 2.05) is 91.0 Å². The van der Waals surface area contributed by atoms with Gasteiger partial charge in [0.2, 0.25) is 5.56 Å². The molecule has 1 aliphatic carbocycles. The number of ether oxygens (including phenoxy) is 2. The van der Waals surface area contributed by atoms with Crippen LogP contribution in [0.1, 0.15) is 102 Å². The molecule has 11 heteroatoms. The number of hydrogen-bond donors (Lipinski definition) is 4. The van der Waals surface area contributed by atoms with Gasteiger partial charge in [-0.15, -0.1) is 0 Å². The molecule has 1 fully saturated rings. The van der Waals surface area contributed by atoms with Gasteiger partial charge in [0, 0.05) is 41.2 Å². The first-order valence-electron chi connectivity index (χ1n) is 25.0. The lowest BCUT2D eigenvalue weighted by atomic mass is 9.88. The van der Waals surface area contributed by atoms with Gasteiger partial charge in [-0.1, -0.05) is 124 Å². The van der Waals surface area contributed by atoms with Crippen molar-refractivity contribution in [2.75, 3.05) is 24.6 Å². The Hall–Kier alpha value is -5.98. The summed E-state index contributed by atoms with van der Waals surface area (Å²) in [4.78, 5) is 30.3. The van der Waals surface area contributed by atoms with Crippen molar-refractivity contribution in [1.82, 2.24) is 15.6 Å². The number of rotatable bonds is 20. The molecule has 0 spiro atoms. The first kappa shape index (κ1) is 51.9. The fourth-order valence-electron chi connectivity index (χ4n) is 9.07. The number of hydrogen-bond acceptors (Lipinski definition) is 7. The number of H-pyrrole nitrogens is 1. The molecule has 0 saturated heterocycles. The topological polar surface area (TPSA) is 125 Å². The second-order valence-electron chi connectivity index (χ2n) is 21.2. The number of nitrogens with one attached hydrogen (secondary N) is 3. The smallest absolute Gasteiger partial charge is 0.412 e. The van der Waals surface area contributed by atoms with Crippen LogP contribution >= 0.6 is 0 Å². The first-order chi connectivity index (χ1) is 33.4.